The summed E-state index contributed by atoms with van der Waals surface area (Å²) in [6, 6.07) is 1.32. The third-order valence-corrected chi connectivity index (χ3v) is 2.73. The van der Waals surface area contributed by atoms with Crippen LogP contribution in [0.25, 0.3) is 0 Å². The lowest BCUT2D eigenvalue weighted by Gasteiger charge is -2.12. The van der Waals surface area contributed by atoms with E-state index >= 15 is 0 Å². The summed E-state index contributed by atoms with van der Waals surface area (Å²) in [6.07, 6.45) is -4.52. The number of rotatable bonds is 3. The molecule has 0 aromatic carbocycles. The summed E-state index contributed by atoms with van der Waals surface area (Å²) in [5.74, 6) is -0.654. The second-order valence-electron chi connectivity index (χ2n) is 2.70. The monoisotopic (exact) mass is 346 g/mol. The number of pyridine rings is 1. The molecule has 2 N–H and O–H groups in total. The van der Waals surface area contributed by atoms with E-state index in [0.29, 0.717) is 11.8 Å². The fraction of sp³-hybridized carbons (Fsp3) is 0.250. The Morgan fingerprint density at radius 2 is 2.19 bits per heavy atom. The summed E-state index contributed by atoms with van der Waals surface area (Å²) in [4.78, 5) is 13.9. The molecule has 1 aromatic rings. The van der Waals surface area contributed by atoms with Gasteiger partial charge in [0, 0.05) is 6.54 Å². The molecule has 0 bridgehead atoms. The largest absolute Gasteiger partial charge is 0.574 e. The molecule has 0 radical (unpaired) electrons. The number of alkyl halides is 3. The van der Waals surface area contributed by atoms with Gasteiger partial charge in [0.1, 0.15) is 5.69 Å². The molecule has 0 aliphatic carbocycles. The normalized spacial score (nSPS) is 11.3. The number of ether oxygens (including phenoxy) is 1. The van der Waals surface area contributed by atoms with Crippen LogP contribution in [0.1, 0.15) is 16.1 Å². The van der Waals surface area contributed by atoms with Crippen molar-refractivity contribution < 1.29 is 22.7 Å². The molecule has 0 aliphatic rings. The van der Waals surface area contributed by atoms with Crippen LogP contribution in [0.5, 0.6) is 5.88 Å². The van der Waals surface area contributed by atoms with Gasteiger partial charge in [0.05, 0.1) is 3.57 Å². The van der Waals surface area contributed by atoms with Gasteiger partial charge in [-0.05, 0) is 34.2 Å². The molecule has 0 atom stereocenters. The lowest BCUT2D eigenvalue weighted by Crippen LogP contribution is -2.20. The number of carbonyl (C=O) groups excluding carboxylic acids is 1. The molecular formula is C8H6F3IN2O2. The van der Waals surface area contributed by atoms with Crippen LogP contribution in [-0.2, 0) is 6.54 Å². The summed E-state index contributed by atoms with van der Waals surface area (Å²) in [6.45, 7) is -0.00412. The first-order chi connectivity index (χ1) is 7.37. The maximum absolute atomic E-state index is 12.0. The summed E-state index contributed by atoms with van der Waals surface area (Å²) < 4.78 is 39.8. The minimum absolute atomic E-state index is 0.00412. The molecule has 0 unspecified atom stereocenters. The van der Waals surface area contributed by atoms with Crippen LogP contribution in [-0.4, -0.2) is 17.6 Å². The van der Waals surface area contributed by atoms with Gasteiger partial charge in [-0.1, -0.05) is 0 Å². The zero-order valence-electron chi connectivity index (χ0n) is 7.71. The van der Waals surface area contributed by atoms with Crippen LogP contribution in [0.15, 0.2) is 6.07 Å². The van der Waals surface area contributed by atoms with Crippen molar-refractivity contribution in [3.05, 3.63) is 20.9 Å². The van der Waals surface area contributed by atoms with E-state index < -0.39 is 12.2 Å². The average Bonchev–Trinajstić information content (AvgIpc) is 2.19. The van der Waals surface area contributed by atoms with Crippen LogP contribution in [0.3, 0.4) is 0 Å². The van der Waals surface area contributed by atoms with Gasteiger partial charge in [-0.2, -0.15) is 0 Å². The summed E-state index contributed by atoms with van der Waals surface area (Å²) in [5.41, 5.74) is 5.54. The first-order valence-corrected chi connectivity index (χ1v) is 5.05. The zero-order valence-corrected chi connectivity index (χ0v) is 9.87. The quantitative estimate of drug-likeness (QED) is 0.670. The smallest absolute Gasteiger partial charge is 0.387 e. The molecule has 1 aromatic heterocycles. The van der Waals surface area contributed by atoms with Gasteiger partial charge in [-0.25, -0.2) is 4.98 Å². The molecule has 0 amide bonds. The number of nitrogens with two attached hydrogens (primary N) is 1. The lowest BCUT2D eigenvalue weighted by molar-refractivity contribution is -0.276. The van der Waals surface area contributed by atoms with E-state index in [1.54, 1.807) is 22.6 Å². The lowest BCUT2D eigenvalue weighted by atomic mass is 10.2. The molecule has 0 aliphatic heterocycles. The molecule has 0 saturated carbocycles. The second kappa shape index (κ2) is 4.95. The predicted molar refractivity (Wildman–Crippen MR) is 56.9 cm³/mol. The van der Waals surface area contributed by atoms with E-state index in [1.807, 2.05) is 0 Å². The molecular weight excluding hydrogens is 340 g/mol. The number of carbonyl (C=O) groups is 1. The van der Waals surface area contributed by atoms with Gasteiger partial charge < -0.3 is 10.5 Å². The van der Waals surface area contributed by atoms with E-state index in [2.05, 4.69) is 9.72 Å². The van der Waals surface area contributed by atoms with Crippen molar-refractivity contribution >= 4 is 28.9 Å². The fourth-order valence-corrected chi connectivity index (χ4v) is 1.57. The van der Waals surface area contributed by atoms with Crippen molar-refractivity contribution in [3.63, 3.8) is 0 Å². The first kappa shape index (κ1) is 13.2. The Morgan fingerprint density at radius 3 is 2.62 bits per heavy atom. The van der Waals surface area contributed by atoms with E-state index in [1.165, 1.54) is 6.07 Å². The Kier molecular flexibility index (Phi) is 4.08. The maximum Gasteiger partial charge on any atom is 0.574 e. The first-order valence-electron chi connectivity index (χ1n) is 3.97. The van der Waals surface area contributed by atoms with Gasteiger partial charge in [-0.3, -0.25) is 4.79 Å². The number of nitrogens with zero attached hydrogens (tertiary/aromatic N) is 1. The van der Waals surface area contributed by atoms with Gasteiger partial charge >= 0.3 is 6.36 Å². The van der Waals surface area contributed by atoms with Crippen LogP contribution >= 0.6 is 22.6 Å². The topological polar surface area (TPSA) is 65.2 Å². The Bertz CT molecular complexity index is 409. The third kappa shape index (κ3) is 3.30. The number of halogens is 4. The summed E-state index contributed by atoms with van der Waals surface area (Å²) in [5, 5.41) is 0. The van der Waals surface area contributed by atoms with Gasteiger partial charge in [0.15, 0.2) is 6.29 Å². The number of aldehydes is 1. The van der Waals surface area contributed by atoms with E-state index in [9.17, 15) is 18.0 Å². The van der Waals surface area contributed by atoms with Crippen LogP contribution in [0.2, 0.25) is 0 Å². The highest BCUT2D eigenvalue weighted by Gasteiger charge is 2.33. The van der Waals surface area contributed by atoms with E-state index in [4.69, 9.17) is 5.73 Å². The van der Waals surface area contributed by atoms with Crippen molar-refractivity contribution in [2.75, 3.05) is 0 Å². The van der Waals surface area contributed by atoms with E-state index in [0.717, 1.165) is 0 Å². The summed E-state index contributed by atoms with van der Waals surface area (Å²) in [7, 11) is 0. The van der Waals surface area contributed by atoms with Crippen molar-refractivity contribution in [3.8, 4) is 5.88 Å². The minimum Gasteiger partial charge on any atom is -0.387 e. The van der Waals surface area contributed by atoms with E-state index in [-0.39, 0.29) is 15.8 Å². The van der Waals surface area contributed by atoms with Crippen molar-refractivity contribution in [1.29, 1.82) is 0 Å². The molecule has 0 saturated heterocycles. The average molecular weight is 346 g/mol. The molecule has 16 heavy (non-hydrogen) atoms. The SMILES string of the molecule is NCc1cc(C=O)nc(OC(F)(F)F)c1I. The number of aromatic nitrogens is 1. The van der Waals surface area contributed by atoms with Crippen molar-refractivity contribution in [1.82, 2.24) is 4.98 Å². The zero-order chi connectivity index (χ0) is 12.3. The van der Waals surface area contributed by atoms with Gasteiger partial charge in [-0.15, -0.1) is 13.2 Å². The van der Waals surface area contributed by atoms with Crippen molar-refractivity contribution in [2.24, 2.45) is 5.73 Å². The van der Waals surface area contributed by atoms with Gasteiger partial charge in [0.25, 0.3) is 0 Å². The van der Waals surface area contributed by atoms with Gasteiger partial charge in [0.2, 0.25) is 5.88 Å². The van der Waals surface area contributed by atoms with Crippen LogP contribution < -0.4 is 10.5 Å². The highest BCUT2D eigenvalue weighted by molar-refractivity contribution is 14.1. The van der Waals surface area contributed by atoms with Crippen LogP contribution in [0.4, 0.5) is 13.2 Å². The molecule has 1 rings (SSSR count). The Hall–Kier alpha value is -0.900. The highest BCUT2D eigenvalue weighted by atomic mass is 127. The molecule has 8 heteroatoms. The Balaban J connectivity index is 3.21. The molecule has 0 fully saturated rings. The fourth-order valence-electron chi connectivity index (χ4n) is 0.964. The highest BCUT2D eigenvalue weighted by Crippen LogP contribution is 2.28. The third-order valence-electron chi connectivity index (χ3n) is 1.58. The second-order valence-corrected chi connectivity index (χ2v) is 3.77. The standard InChI is InChI=1S/C8H6F3IN2O2/c9-8(10,11)16-7-6(12)4(2-13)1-5(3-15)14-7/h1,3H,2,13H2. The minimum atomic E-state index is -4.85. The Labute approximate surface area is 102 Å². The number of hydrogen-bond donors (Lipinski definition) is 1. The summed E-state index contributed by atoms with van der Waals surface area (Å²) >= 11 is 1.63. The molecule has 1 heterocycles. The van der Waals surface area contributed by atoms with Crippen molar-refractivity contribution in [2.45, 2.75) is 12.9 Å². The Morgan fingerprint density at radius 1 is 1.56 bits per heavy atom. The molecule has 4 nitrogen and oxygen atoms in total. The molecule has 0 spiro atoms. The predicted octanol–water partition coefficient (Wildman–Crippen LogP) is 1.86. The van der Waals surface area contributed by atoms with Crippen LogP contribution in [0, 0.1) is 3.57 Å². The molecule has 88 valence electrons. The number of hydrogen-bond acceptors (Lipinski definition) is 4. The maximum atomic E-state index is 12.0.